The second kappa shape index (κ2) is 10.6. The number of imidazole rings is 1. The number of allylic oxidation sites excluding steroid dienone is 2. The molecule has 0 radical (unpaired) electrons. The van der Waals surface area contributed by atoms with Crippen molar-refractivity contribution >= 4 is 17.2 Å². The minimum absolute atomic E-state index is 0.0317. The quantitative estimate of drug-likeness (QED) is 0.412. The van der Waals surface area contributed by atoms with E-state index in [4.69, 9.17) is 9.72 Å². The van der Waals surface area contributed by atoms with E-state index in [-0.39, 0.29) is 12.0 Å². The van der Waals surface area contributed by atoms with Gasteiger partial charge in [0.15, 0.2) is 0 Å². The Bertz CT molecular complexity index is 1300. The highest BCUT2D eigenvalue weighted by Gasteiger charge is 2.43. The van der Waals surface area contributed by atoms with Crippen LogP contribution in [-0.2, 0) is 24.0 Å². The third-order valence-corrected chi connectivity index (χ3v) is 10.3. The van der Waals surface area contributed by atoms with Crippen molar-refractivity contribution in [3.8, 4) is 0 Å². The molecule has 1 aliphatic heterocycles. The molecule has 3 aliphatic carbocycles. The molecule has 1 spiro atoms. The van der Waals surface area contributed by atoms with Crippen LogP contribution in [0.3, 0.4) is 0 Å². The number of carbonyl (C=O) groups excluding carboxylic acids is 1. The lowest BCUT2D eigenvalue weighted by molar-refractivity contribution is -0.0451. The summed E-state index contributed by atoms with van der Waals surface area (Å²) in [7, 11) is 1.35. The monoisotopic (exact) mass is 546 g/mol. The first-order valence-electron chi connectivity index (χ1n) is 15.4. The van der Waals surface area contributed by atoms with Crippen LogP contribution in [-0.4, -0.2) is 52.0 Å². The Balaban J connectivity index is 1.29. The largest absolute Gasteiger partial charge is 0.453 e. The van der Waals surface area contributed by atoms with Gasteiger partial charge in [-0.2, -0.15) is 0 Å². The number of rotatable bonds is 6. The fourth-order valence-corrected chi connectivity index (χ4v) is 8.23. The predicted octanol–water partition coefficient (Wildman–Crippen LogP) is 6.03. The molecule has 7 heteroatoms. The first-order chi connectivity index (χ1) is 19.2. The molecule has 1 saturated carbocycles. The minimum Gasteiger partial charge on any atom is -0.453 e. The Morgan fingerprint density at radius 1 is 1.23 bits per heavy atom. The van der Waals surface area contributed by atoms with E-state index in [1.807, 2.05) is 13.8 Å². The average Bonchev–Trinajstić information content (AvgIpc) is 3.72. The number of methoxy groups -OCH3 is 1. The average molecular weight is 547 g/mol. The third kappa shape index (κ3) is 4.79. The van der Waals surface area contributed by atoms with Crippen LogP contribution >= 0.6 is 0 Å². The van der Waals surface area contributed by atoms with Crippen LogP contribution in [0.1, 0.15) is 106 Å². The van der Waals surface area contributed by atoms with Crippen LogP contribution in [0.5, 0.6) is 0 Å². The zero-order chi connectivity index (χ0) is 28.2. The Kier molecular flexibility index (Phi) is 7.32. The molecule has 1 aromatic heterocycles. The summed E-state index contributed by atoms with van der Waals surface area (Å²) in [6.07, 6.45) is 9.53. The van der Waals surface area contributed by atoms with Gasteiger partial charge in [-0.05, 0) is 97.0 Å². The third-order valence-electron chi connectivity index (χ3n) is 10.3. The van der Waals surface area contributed by atoms with Crippen molar-refractivity contribution in [2.45, 2.75) is 104 Å². The number of likely N-dealkylation sites (tertiary alicyclic amines) is 1. The van der Waals surface area contributed by atoms with E-state index in [1.54, 1.807) is 11.1 Å². The molecule has 7 nitrogen and oxygen atoms in total. The van der Waals surface area contributed by atoms with Gasteiger partial charge in [0.25, 0.3) is 0 Å². The summed E-state index contributed by atoms with van der Waals surface area (Å²) in [6.45, 7) is 9.23. The number of carbonyl (C=O) groups is 1. The normalized spacial score (nSPS) is 25.4. The first kappa shape index (κ1) is 27.5. The van der Waals surface area contributed by atoms with Gasteiger partial charge in [0.1, 0.15) is 12.1 Å². The fourth-order valence-electron chi connectivity index (χ4n) is 8.23. The molecule has 2 heterocycles. The molecule has 1 saturated heterocycles. The van der Waals surface area contributed by atoms with E-state index in [0.717, 1.165) is 37.3 Å². The Hall–Kier alpha value is -2.64. The van der Waals surface area contributed by atoms with Crippen molar-refractivity contribution in [3.63, 3.8) is 0 Å². The van der Waals surface area contributed by atoms with Crippen molar-refractivity contribution in [3.05, 3.63) is 52.1 Å². The highest BCUT2D eigenvalue weighted by molar-refractivity contribution is 5.92. The number of aromatic amines is 1. The van der Waals surface area contributed by atoms with Gasteiger partial charge >= 0.3 is 6.09 Å². The second-order valence-corrected chi connectivity index (χ2v) is 13.4. The molecular weight excluding hydrogens is 500 g/mol. The van der Waals surface area contributed by atoms with Crippen molar-refractivity contribution in [1.82, 2.24) is 20.2 Å². The molecule has 40 heavy (non-hydrogen) atoms. The summed E-state index contributed by atoms with van der Waals surface area (Å²) in [5, 5.41) is 14.4. The standard InChI is InChI=1S/C33H46N4O3/c1-19(2)28(36-32(39)40-5)31(38)37-18-20(3)15-27(37)30-34-26-12-11-23(21(4)29(26)35-30)24-10-8-9-22-16-33(17-25(22)24)13-6-7-14-33/h8-10,19-20,27-28,31,38H,6-7,11-18H2,1-5H3,(H,34,35)(H,36,39). The van der Waals surface area contributed by atoms with Crippen LogP contribution in [0.25, 0.3) is 11.1 Å². The first-order valence-corrected chi connectivity index (χ1v) is 15.4. The lowest BCUT2D eigenvalue weighted by atomic mass is 9.82. The maximum Gasteiger partial charge on any atom is 0.407 e. The van der Waals surface area contributed by atoms with Crippen LogP contribution in [0.2, 0.25) is 0 Å². The maximum absolute atomic E-state index is 12.0. The second-order valence-electron chi connectivity index (χ2n) is 13.4. The predicted molar refractivity (Wildman–Crippen MR) is 158 cm³/mol. The van der Waals surface area contributed by atoms with E-state index >= 15 is 0 Å². The van der Waals surface area contributed by atoms with Crippen LogP contribution in [0.15, 0.2) is 18.2 Å². The highest BCUT2D eigenvalue weighted by Crippen LogP contribution is 2.51. The maximum atomic E-state index is 12.0. The number of benzene rings is 1. The number of ether oxygens (including phenoxy) is 1. The van der Waals surface area contributed by atoms with Crippen molar-refractivity contribution in [2.75, 3.05) is 13.7 Å². The molecule has 4 unspecified atom stereocenters. The molecule has 6 rings (SSSR count). The zero-order valence-electron chi connectivity index (χ0n) is 24.8. The molecule has 2 fully saturated rings. The molecule has 1 aromatic carbocycles. The van der Waals surface area contributed by atoms with Crippen LogP contribution < -0.4 is 5.32 Å². The minimum atomic E-state index is -0.835. The Morgan fingerprint density at radius 3 is 2.73 bits per heavy atom. The number of aliphatic hydroxyl groups is 1. The van der Waals surface area contributed by atoms with Gasteiger partial charge in [0.05, 0.1) is 24.9 Å². The fraction of sp³-hybridized carbons (Fsp3) is 0.636. The van der Waals surface area contributed by atoms with E-state index in [2.05, 4.69) is 47.2 Å². The summed E-state index contributed by atoms with van der Waals surface area (Å²) < 4.78 is 4.84. The number of aryl methyl sites for hydroxylation is 1. The molecule has 1 amide bonds. The number of aliphatic hydroxyl groups excluding tert-OH is 1. The smallest absolute Gasteiger partial charge is 0.407 e. The molecule has 3 N–H and O–H groups in total. The highest BCUT2D eigenvalue weighted by atomic mass is 16.5. The molecule has 2 aromatic rings. The number of fused-ring (bicyclic) bond motifs is 2. The number of H-pyrrole nitrogens is 1. The summed E-state index contributed by atoms with van der Waals surface area (Å²) in [4.78, 5) is 23.1. The lowest BCUT2D eigenvalue weighted by Gasteiger charge is -2.35. The summed E-state index contributed by atoms with van der Waals surface area (Å²) >= 11 is 0. The van der Waals surface area contributed by atoms with Crippen molar-refractivity contribution < 1.29 is 14.6 Å². The number of nitrogens with zero attached hydrogens (tertiary/aromatic N) is 2. The molecule has 4 aliphatic rings. The van der Waals surface area contributed by atoms with Gasteiger partial charge in [-0.25, -0.2) is 9.78 Å². The molecule has 0 bridgehead atoms. The lowest BCUT2D eigenvalue weighted by Crippen LogP contribution is -2.54. The number of alkyl carbamates (subject to hydrolysis) is 1. The molecule has 216 valence electrons. The van der Waals surface area contributed by atoms with Gasteiger partial charge in [0.2, 0.25) is 0 Å². The summed E-state index contributed by atoms with van der Waals surface area (Å²) in [5.74, 6) is 1.38. The van der Waals surface area contributed by atoms with Crippen molar-refractivity contribution in [2.24, 2.45) is 17.3 Å². The summed E-state index contributed by atoms with van der Waals surface area (Å²) in [6, 6.07) is 6.50. The van der Waals surface area contributed by atoms with Crippen LogP contribution in [0.4, 0.5) is 4.79 Å². The number of amides is 1. The van der Waals surface area contributed by atoms with Gasteiger partial charge in [0, 0.05) is 12.2 Å². The SMILES string of the molecule is COC(=O)NC(C(C)C)C(O)N1CC(C)CC1c1nc2c([nH]1)CCC(c1cccc3c1CC1(CCCC1)C3)=C2C. The van der Waals surface area contributed by atoms with Gasteiger partial charge < -0.3 is 20.1 Å². The number of nitrogens with one attached hydrogen (secondary N) is 2. The molecule has 4 atom stereocenters. The van der Waals surface area contributed by atoms with Crippen LogP contribution in [0, 0.1) is 17.3 Å². The van der Waals surface area contributed by atoms with Gasteiger partial charge in [-0.1, -0.05) is 51.8 Å². The van der Waals surface area contributed by atoms with Gasteiger partial charge in [-0.3, -0.25) is 4.90 Å². The zero-order valence-corrected chi connectivity index (χ0v) is 24.8. The topological polar surface area (TPSA) is 90.5 Å². The van der Waals surface area contributed by atoms with E-state index in [0.29, 0.717) is 11.3 Å². The number of hydrogen-bond donors (Lipinski definition) is 3. The number of hydrogen-bond acceptors (Lipinski definition) is 5. The van der Waals surface area contributed by atoms with E-state index < -0.39 is 18.4 Å². The van der Waals surface area contributed by atoms with Crippen molar-refractivity contribution in [1.29, 1.82) is 0 Å². The molecular formula is C33H46N4O3. The van der Waals surface area contributed by atoms with Gasteiger partial charge in [-0.15, -0.1) is 0 Å². The van der Waals surface area contributed by atoms with E-state index in [1.165, 1.54) is 68.0 Å². The Labute approximate surface area is 238 Å². The number of aromatic nitrogens is 2. The summed E-state index contributed by atoms with van der Waals surface area (Å²) in [5.41, 5.74) is 10.2. The van der Waals surface area contributed by atoms with E-state index in [9.17, 15) is 9.90 Å². The Morgan fingerprint density at radius 2 is 2.00 bits per heavy atom.